The molecule has 0 spiro atoms. The van der Waals surface area contributed by atoms with E-state index in [9.17, 15) is 18.0 Å². The average molecular weight is 499 g/mol. The third kappa shape index (κ3) is 5.40. The molecule has 13 heteroatoms. The molecule has 33 heavy (non-hydrogen) atoms. The normalized spacial score (nSPS) is 17.6. The Morgan fingerprint density at radius 1 is 1.27 bits per heavy atom. The molecule has 0 fully saturated rings. The van der Waals surface area contributed by atoms with Crippen molar-refractivity contribution in [2.24, 2.45) is 0 Å². The minimum absolute atomic E-state index is 0.0761. The summed E-state index contributed by atoms with van der Waals surface area (Å²) in [5.74, 6) is -0.0382. The van der Waals surface area contributed by atoms with E-state index in [4.69, 9.17) is 28.2 Å². The Bertz CT molecular complexity index is 1130. The molecule has 2 aromatic heterocycles. The summed E-state index contributed by atoms with van der Waals surface area (Å²) >= 11 is 10.9. The fourth-order valence-corrected chi connectivity index (χ4v) is 3.65. The van der Waals surface area contributed by atoms with E-state index in [2.05, 4.69) is 26.6 Å². The molecule has 3 aromatic rings. The summed E-state index contributed by atoms with van der Waals surface area (Å²) in [4.78, 5) is 12.5. The number of carbonyl (C=O) groups excluding carboxylic acids is 1. The van der Waals surface area contributed by atoms with Crippen molar-refractivity contribution in [3.05, 3.63) is 70.8 Å². The second-order valence-corrected chi connectivity index (χ2v) is 8.09. The highest BCUT2D eigenvalue weighted by atomic mass is 35.5. The van der Waals surface area contributed by atoms with Crippen LogP contribution < -0.4 is 21.5 Å². The Hall–Kier alpha value is -3.25. The Kier molecular flexibility index (Phi) is 6.47. The Morgan fingerprint density at radius 2 is 2.03 bits per heavy atom. The second kappa shape index (κ2) is 9.32. The summed E-state index contributed by atoms with van der Waals surface area (Å²) in [5, 5.41) is 10.3. The number of carbonyl (C=O) groups is 1. The van der Waals surface area contributed by atoms with Gasteiger partial charge in [-0.15, -0.1) is 0 Å². The van der Waals surface area contributed by atoms with Crippen molar-refractivity contribution in [2.75, 3.05) is 5.32 Å². The first-order valence-corrected chi connectivity index (χ1v) is 10.5. The molecule has 0 saturated heterocycles. The number of rotatable bonds is 4. The lowest BCUT2D eigenvalue weighted by atomic mass is 9.97. The number of aromatic nitrogens is 2. The number of hydrazine groups is 1. The fourth-order valence-electron chi connectivity index (χ4n) is 3.40. The molecule has 174 valence electrons. The number of hydrogen-bond acceptors (Lipinski definition) is 5. The second-order valence-electron chi connectivity index (χ2n) is 7.24. The van der Waals surface area contributed by atoms with Gasteiger partial charge in [-0.3, -0.25) is 15.6 Å². The monoisotopic (exact) mass is 498 g/mol. The average Bonchev–Trinajstić information content (AvgIpc) is 3.44. The quantitative estimate of drug-likeness (QED) is 0.318. The van der Waals surface area contributed by atoms with Gasteiger partial charge in [0.2, 0.25) is 0 Å². The summed E-state index contributed by atoms with van der Waals surface area (Å²) in [5.41, 5.74) is 5.23. The molecule has 4 N–H and O–H groups in total. The van der Waals surface area contributed by atoms with Crippen LogP contribution in [0.1, 0.15) is 40.3 Å². The molecule has 0 aliphatic carbocycles. The standard InChI is InChI=1S/C20H18ClF3N6O2S/c21-12-5-3-11(4-6-12)14-8-16(20(22,23)24)30-17(26-14)9-15(29-30)18(31)27-28-19(33)25-10-13-2-1-7-32-13/h1-7,9,14,16,26H,8,10H2,(H,27,31)(H2,25,28,33)/t14-,16+/m0/s1. The van der Waals surface area contributed by atoms with Crippen LogP contribution in [0.3, 0.4) is 0 Å². The van der Waals surface area contributed by atoms with E-state index >= 15 is 0 Å². The minimum atomic E-state index is -4.56. The maximum Gasteiger partial charge on any atom is 0.410 e. The number of fused-ring (bicyclic) bond motifs is 1. The van der Waals surface area contributed by atoms with Gasteiger partial charge in [0.25, 0.3) is 5.91 Å². The zero-order valence-corrected chi connectivity index (χ0v) is 18.4. The molecule has 0 saturated carbocycles. The molecule has 0 bridgehead atoms. The highest BCUT2D eigenvalue weighted by molar-refractivity contribution is 7.80. The van der Waals surface area contributed by atoms with Gasteiger partial charge >= 0.3 is 6.18 Å². The van der Waals surface area contributed by atoms with Crippen LogP contribution in [0.15, 0.2) is 53.1 Å². The van der Waals surface area contributed by atoms with Crippen LogP contribution in [0.2, 0.25) is 5.02 Å². The van der Waals surface area contributed by atoms with Crippen molar-refractivity contribution in [1.82, 2.24) is 25.9 Å². The third-order valence-electron chi connectivity index (χ3n) is 4.99. The predicted octanol–water partition coefficient (Wildman–Crippen LogP) is 4.10. The number of amides is 1. The summed E-state index contributed by atoms with van der Waals surface area (Å²) in [6.45, 7) is 0.288. The van der Waals surface area contributed by atoms with Gasteiger partial charge in [-0.05, 0) is 42.0 Å². The maximum atomic E-state index is 13.8. The first-order valence-electron chi connectivity index (χ1n) is 9.75. The molecule has 3 heterocycles. The predicted molar refractivity (Wildman–Crippen MR) is 118 cm³/mol. The third-order valence-corrected chi connectivity index (χ3v) is 5.49. The zero-order chi connectivity index (χ0) is 23.6. The number of halogens is 4. The molecule has 0 radical (unpaired) electrons. The molecular weight excluding hydrogens is 481 g/mol. The molecule has 2 atom stereocenters. The lowest BCUT2D eigenvalue weighted by Gasteiger charge is -2.33. The topological polar surface area (TPSA) is 96.2 Å². The molecule has 4 rings (SSSR count). The van der Waals surface area contributed by atoms with Gasteiger partial charge in [-0.25, -0.2) is 4.68 Å². The van der Waals surface area contributed by atoms with Crippen molar-refractivity contribution in [3.8, 4) is 0 Å². The highest BCUT2D eigenvalue weighted by Crippen LogP contribution is 2.43. The van der Waals surface area contributed by atoms with Crippen LogP contribution in [-0.4, -0.2) is 27.0 Å². The van der Waals surface area contributed by atoms with E-state index in [0.717, 1.165) is 4.68 Å². The lowest BCUT2D eigenvalue weighted by Crippen LogP contribution is -2.46. The van der Waals surface area contributed by atoms with E-state index in [1.165, 1.54) is 12.3 Å². The van der Waals surface area contributed by atoms with Crippen molar-refractivity contribution in [1.29, 1.82) is 0 Å². The maximum absolute atomic E-state index is 13.8. The number of furan rings is 1. The number of thiocarbonyl (C=S) groups is 1. The molecule has 1 amide bonds. The number of alkyl halides is 3. The number of benzene rings is 1. The summed E-state index contributed by atoms with van der Waals surface area (Å²) in [7, 11) is 0. The van der Waals surface area contributed by atoms with E-state index in [0.29, 0.717) is 16.3 Å². The van der Waals surface area contributed by atoms with Crippen LogP contribution in [0.25, 0.3) is 0 Å². The van der Waals surface area contributed by atoms with Crippen molar-refractivity contribution in [3.63, 3.8) is 0 Å². The molecular formula is C20H18ClF3N6O2S. The Morgan fingerprint density at radius 3 is 2.70 bits per heavy atom. The smallest absolute Gasteiger partial charge is 0.410 e. The lowest BCUT2D eigenvalue weighted by molar-refractivity contribution is -0.173. The van der Waals surface area contributed by atoms with Crippen molar-refractivity contribution in [2.45, 2.75) is 31.2 Å². The van der Waals surface area contributed by atoms with E-state index < -0.39 is 24.2 Å². The van der Waals surface area contributed by atoms with Gasteiger partial charge < -0.3 is 15.1 Å². The summed E-state index contributed by atoms with van der Waals surface area (Å²) in [6.07, 6.45) is -3.34. The van der Waals surface area contributed by atoms with Crippen molar-refractivity contribution >= 4 is 40.7 Å². The Balaban J connectivity index is 1.45. The van der Waals surface area contributed by atoms with Gasteiger partial charge in [0, 0.05) is 17.5 Å². The summed E-state index contributed by atoms with van der Waals surface area (Å²) < 4.78 is 47.3. The number of anilines is 1. The van der Waals surface area contributed by atoms with Crippen LogP contribution in [-0.2, 0) is 6.54 Å². The molecule has 1 aromatic carbocycles. The van der Waals surface area contributed by atoms with E-state index in [1.807, 2.05) is 0 Å². The number of hydrogen-bond donors (Lipinski definition) is 4. The molecule has 1 aliphatic rings. The van der Waals surface area contributed by atoms with Crippen LogP contribution in [0.4, 0.5) is 19.0 Å². The van der Waals surface area contributed by atoms with Crippen LogP contribution in [0, 0.1) is 0 Å². The minimum Gasteiger partial charge on any atom is -0.467 e. The molecule has 8 nitrogen and oxygen atoms in total. The number of nitrogens with zero attached hydrogens (tertiary/aromatic N) is 2. The first-order chi connectivity index (χ1) is 15.7. The first kappa shape index (κ1) is 22.9. The van der Waals surface area contributed by atoms with Gasteiger partial charge in [-0.1, -0.05) is 23.7 Å². The molecule has 0 unspecified atom stereocenters. The van der Waals surface area contributed by atoms with Crippen LogP contribution in [0.5, 0.6) is 0 Å². The zero-order valence-electron chi connectivity index (χ0n) is 16.8. The van der Waals surface area contributed by atoms with Gasteiger partial charge in [0.05, 0.1) is 18.8 Å². The van der Waals surface area contributed by atoms with Gasteiger partial charge in [-0.2, -0.15) is 18.3 Å². The van der Waals surface area contributed by atoms with Crippen molar-refractivity contribution < 1.29 is 22.4 Å². The summed E-state index contributed by atoms with van der Waals surface area (Å²) in [6, 6.07) is 8.73. The largest absolute Gasteiger partial charge is 0.467 e. The fraction of sp³-hybridized carbons (Fsp3) is 0.250. The van der Waals surface area contributed by atoms with Gasteiger partial charge in [0.15, 0.2) is 16.8 Å². The SMILES string of the molecule is O=C(NNC(=S)NCc1ccco1)c1cc2n(n1)[C@@H](C(F)(F)F)C[C@@H](c1ccc(Cl)cc1)N2. The molecule has 1 aliphatic heterocycles. The van der Waals surface area contributed by atoms with Gasteiger partial charge in [0.1, 0.15) is 11.6 Å². The van der Waals surface area contributed by atoms with E-state index in [-0.39, 0.29) is 29.6 Å². The number of nitrogens with one attached hydrogen (secondary N) is 4. The van der Waals surface area contributed by atoms with E-state index in [1.54, 1.807) is 36.4 Å². The Labute approximate surface area is 196 Å². The highest BCUT2D eigenvalue weighted by Gasteiger charge is 2.46. The van der Waals surface area contributed by atoms with Crippen LogP contribution >= 0.6 is 23.8 Å².